The van der Waals surface area contributed by atoms with Crippen LogP contribution in [0.5, 0.6) is 0 Å². The zero-order valence-corrected chi connectivity index (χ0v) is 40.3. The van der Waals surface area contributed by atoms with Crippen molar-refractivity contribution in [2.75, 3.05) is 74.0 Å². The zero-order chi connectivity index (χ0) is 46.7. The Hall–Kier alpha value is -3.63. The van der Waals surface area contributed by atoms with Crippen LogP contribution in [0.2, 0.25) is 0 Å². The lowest BCUT2D eigenvalue weighted by Gasteiger charge is -2.41. The summed E-state index contributed by atoms with van der Waals surface area (Å²) >= 11 is 0. The zero-order valence-electron chi connectivity index (χ0n) is 40.3. The third-order valence-corrected chi connectivity index (χ3v) is 12.9. The molecule has 0 aromatic heterocycles. The van der Waals surface area contributed by atoms with Crippen molar-refractivity contribution in [3.63, 3.8) is 0 Å². The fraction of sp³-hybridized carbons (Fsp3) is 0.771. The lowest BCUT2D eigenvalue weighted by atomic mass is 9.89. The first-order valence-electron chi connectivity index (χ1n) is 23.3. The summed E-state index contributed by atoms with van der Waals surface area (Å²) in [5.41, 5.74) is -0.122. The number of carbonyl (C=O) groups is 5. The van der Waals surface area contributed by atoms with Crippen molar-refractivity contribution in [3.05, 3.63) is 35.9 Å². The van der Waals surface area contributed by atoms with E-state index in [1.165, 1.54) is 5.56 Å². The lowest BCUT2D eigenvalue weighted by Crippen LogP contribution is -2.62. The molecule has 1 heterocycles. The Balaban J connectivity index is 1.61. The molecule has 2 aliphatic rings. The molecule has 1 aliphatic carbocycles. The average Bonchev–Trinajstić information content (AvgIpc) is 3.91. The Morgan fingerprint density at radius 3 is 2.06 bits per heavy atom. The van der Waals surface area contributed by atoms with Crippen molar-refractivity contribution in [1.82, 2.24) is 25.8 Å². The summed E-state index contributed by atoms with van der Waals surface area (Å²) in [6.45, 7) is 18.5. The van der Waals surface area contributed by atoms with Crippen LogP contribution in [-0.2, 0) is 53.1 Å². The first-order valence-corrected chi connectivity index (χ1v) is 23.3. The van der Waals surface area contributed by atoms with E-state index in [1.54, 1.807) is 40.0 Å². The molecular formula is C48H81N5O10. The van der Waals surface area contributed by atoms with Crippen molar-refractivity contribution < 1.29 is 47.7 Å². The number of carbonyl (C=O) groups excluding carboxylic acids is 5. The van der Waals surface area contributed by atoms with Gasteiger partial charge in [-0.2, -0.15) is 0 Å². The van der Waals surface area contributed by atoms with E-state index >= 15 is 0 Å². The van der Waals surface area contributed by atoms with Crippen LogP contribution >= 0.6 is 0 Å². The molecule has 0 radical (unpaired) electrons. The number of likely N-dealkylation sites (tertiary alicyclic amines) is 1. The predicted molar refractivity (Wildman–Crippen MR) is 243 cm³/mol. The standard InChI is InChI=1S/C48H81N5O10/c1-12-25-61-27-29-63-30-28-62-26-21-39(54)51-47(7,8)46(58)50-41(33(3)4)45(57)52(9)42(34(5)13-2)38(59-10)31-40(55)53-24-17-20-37(53)43(60-11)35(6)44(56)49-32-48(22-23-48)36-18-15-14-16-19-36/h14-16,18-19,33-35,37-38,41-43H,12-13,17,20-32H2,1-11H3,(H,49,56)(H,50,58)(H,51,54)/t34-,35+,37-,38+,41-,42-,43+/m0/s1. The summed E-state index contributed by atoms with van der Waals surface area (Å²) in [4.78, 5) is 72.3. The number of likely N-dealkylation sites (N-methyl/N-ethyl adjacent to an activating group) is 1. The second kappa shape index (κ2) is 26.4. The number of nitrogens with zero attached hydrogens (tertiary/aromatic N) is 2. The van der Waals surface area contributed by atoms with Crippen LogP contribution in [0, 0.1) is 17.8 Å². The van der Waals surface area contributed by atoms with Crippen LogP contribution < -0.4 is 16.0 Å². The topological polar surface area (TPSA) is 174 Å². The summed E-state index contributed by atoms with van der Waals surface area (Å²) in [5, 5.41) is 8.88. The Kier molecular flexibility index (Phi) is 22.5. The van der Waals surface area contributed by atoms with Gasteiger partial charge in [-0.05, 0) is 63.4 Å². The van der Waals surface area contributed by atoms with Crippen LogP contribution in [0.4, 0.5) is 0 Å². The molecular weight excluding hydrogens is 807 g/mol. The number of ether oxygens (including phenoxy) is 5. The highest BCUT2D eigenvalue weighted by Crippen LogP contribution is 2.47. The maximum absolute atomic E-state index is 14.4. The van der Waals surface area contributed by atoms with E-state index < -0.39 is 41.7 Å². The minimum Gasteiger partial charge on any atom is -0.379 e. The van der Waals surface area contributed by atoms with E-state index in [0.717, 1.165) is 25.7 Å². The van der Waals surface area contributed by atoms with Gasteiger partial charge in [-0.25, -0.2) is 0 Å². The molecule has 3 rings (SSSR count). The SMILES string of the molecule is CCCOCCOCCOCCC(=O)NC(C)(C)C(=O)N[C@H](C(=O)N(C)[C@@H]([C@@H](C)CC)[C@@H](CC(=O)N1CCC[C@H]1[C@H](OC)[C@@H](C)C(=O)NCC1(c2ccccc2)CC1)OC)C(C)C. The van der Waals surface area contributed by atoms with E-state index in [4.69, 9.17) is 23.7 Å². The van der Waals surface area contributed by atoms with Crippen molar-refractivity contribution in [1.29, 1.82) is 0 Å². The Morgan fingerprint density at radius 1 is 0.889 bits per heavy atom. The fourth-order valence-electron chi connectivity index (χ4n) is 8.61. The van der Waals surface area contributed by atoms with Gasteiger partial charge in [0, 0.05) is 52.8 Å². The molecule has 0 bridgehead atoms. The number of hydrogen-bond donors (Lipinski definition) is 3. The normalized spacial score (nSPS) is 18.8. The summed E-state index contributed by atoms with van der Waals surface area (Å²) in [7, 11) is 4.84. The number of amides is 5. The van der Waals surface area contributed by atoms with E-state index in [-0.39, 0.29) is 66.4 Å². The van der Waals surface area contributed by atoms with Gasteiger partial charge in [-0.3, -0.25) is 24.0 Å². The highest BCUT2D eigenvalue weighted by atomic mass is 16.5. The molecule has 1 saturated heterocycles. The number of nitrogens with one attached hydrogen (secondary N) is 3. The summed E-state index contributed by atoms with van der Waals surface area (Å²) in [5.74, 6) is -2.29. The molecule has 15 nitrogen and oxygen atoms in total. The number of methoxy groups -OCH3 is 2. The van der Waals surface area contributed by atoms with E-state index in [0.29, 0.717) is 59.0 Å². The summed E-state index contributed by atoms with van der Waals surface area (Å²) in [6, 6.07) is 8.56. The number of benzene rings is 1. The van der Waals surface area contributed by atoms with Crippen molar-refractivity contribution in [2.24, 2.45) is 17.8 Å². The van der Waals surface area contributed by atoms with E-state index in [2.05, 4.69) is 28.1 Å². The number of rotatable bonds is 30. The van der Waals surface area contributed by atoms with Crippen LogP contribution in [0.1, 0.15) is 112 Å². The molecule has 3 N–H and O–H groups in total. The lowest BCUT2D eigenvalue weighted by molar-refractivity contribution is -0.148. The second-order valence-corrected chi connectivity index (χ2v) is 18.4. The highest BCUT2D eigenvalue weighted by molar-refractivity contribution is 5.94. The van der Waals surface area contributed by atoms with Crippen molar-refractivity contribution >= 4 is 29.5 Å². The van der Waals surface area contributed by atoms with Gasteiger partial charge in [0.05, 0.1) is 69.7 Å². The maximum Gasteiger partial charge on any atom is 0.245 e. The fourth-order valence-corrected chi connectivity index (χ4v) is 8.61. The molecule has 1 aromatic carbocycles. The van der Waals surface area contributed by atoms with Gasteiger partial charge in [0.25, 0.3) is 0 Å². The van der Waals surface area contributed by atoms with Crippen molar-refractivity contribution in [2.45, 2.75) is 148 Å². The van der Waals surface area contributed by atoms with E-state index in [1.807, 2.05) is 64.6 Å². The summed E-state index contributed by atoms with van der Waals surface area (Å²) < 4.78 is 28.4. The van der Waals surface area contributed by atoms with E-state index in [9.17, 15) is 24.0 Å². The Bertz CT molecular complexity index is 1570. The monoisotopic (exact) mass is 888 g/mol. The van der Waals surface area contributed by atoms with Gasteiger partial charge >= 0.3 is 0 Å². The molecule has 0 unspecified atom stereocenters. The molecule has 358 valence electrons. The molecule has 15 heteroatoms. The van der Waals surface area contributed by atoms with Crippen LogP contribution in [-0.4, -0.2) is 149 Å². The van der Waals surface area contributed by atoms with Crippen LogP contribution in [0.3, 0.4) is 0 Å². The first kappa shape index (κ1) is 53.7. The molecule has 2 fully saturated rings. The molecule has 63 heavy (non-hydrogen) atoms. The highest BCUT2D eigenvalue weighted by Gasteiger charge is 2.46. The van der Waals surface area contributed by atoms with Gasteiger partial charge in [0.1, 0.15) is 11.6 Å². The number of hydrogen-bond acceptors (Lipinski definition) is 10. The Labute approximate surface area is 377 Å². The smallest absolute Gasteiger partial charge is 0.245 e. The minimum atomic E-state index is -1.33. The third-order valence-electron chi connectivity index (χ3n) is 12.9. The van der Waals surface area contributed by atoms with Crippen LogP contribution in [0.15, 0.2) is 30.3 Å². The van der Waals surface area contributed by atoms with Gasteiger partial charge in [-0.15, -0.1) is 0 Å². The quantitative estimate of drug-likeness (QED) is 0.0925. The van der Waals surface area contributed by atoms with Crippen LogP contribution in [0.25, 0.3) is 0 Å². The molecule has 1 aromatic rings. The summed E-state index contributed by atoms with van der Waals surface area (Å²) in [6.07, 6.45) is 4.08. The molecule has 5 amide bonds. The minimum absolute atomic E-state index is 0.0126. The molecule has 1 aliphatic heterocycles. The first-order chi connectivity index (χ1) is 30.0. The van der Waals surface area contributed by atoms with Gasteiger partial charge in [-0.1, -0.05) is 78.3 Å². The van der Waals surface area contributed by atoms with Crippen molar-refractivity contribution in [3.8, 4) is 0 Å². The third kappa shape index (κ3) is 15.8. The maximum atomic E-state index is 14.4. The predicted octanol–water partition coefficient (Wildman–Crippen LogP) is 4.64. The molecule has 7 atom stereocenters. The van der Waals surface area contributed by atoms with Gasteiger partial charge in [0.2, 0.25) is 29.5 Å². The molecule has 0 spiro atoms. The average molecular weight is 888 g/mol. The van der Waals surface area contributed by atoms with Gasteiger partial charge < -0.3 is 49.4 Å². The second-order valence-electron chi connectivity index (χ2n) is 18.4. The Morgan fingerprint density at radius 2 is 1.51 bits per heavy atom. The van der Waals surface area contributed by atoms with Gasteiger partial charge in [0.15, 0.2) is 0 Å². The molecule has 1 saturated carbocycles. The largest absolute Gasteiger partial charge is 0.379 e.